The van der Waals surface area contributed by atoms with Gasteiger partial charge in [0.15, 0.2) is 0 Å². The van der Waals surface area contributed by atoms with Crippen LogP contribution in [0.25, 0.3) is 10.8 Å². The molecule has 2 aromatic rings. The summed E-state index contributed by atoms with van der Waals surface area (Å²) >= 11 is 6.19. The van der Waals surface area contributed by atoms with Crippen LogP contribution in [0.5, 0.6) is 5.75 Å². The second kappa shape index (κ2) is 8.21. The third kappa shape index (κ3) is 4.38. The van der Waals surface area contributed by atoms with E-state index in [1.807, 2.05) is 31.2 Å². The van der Waals surface area contributed by atoms with Gasteiger partial charge in [0, 0.05) is 15.8 Å². The lowest BCUT2D eigenvalue weighted by Gasteiger charge is -2.26. The number of ether oxygens (including phenoxy) is 1. The Bertz CT molecular complexity index is 669. The number of carbonyl (C=O) groups excluding carboxylic acids is 1. The number of carboxylic acid groups (broad SMARTS) is 1. The van der Waals surface area contributed by atoms with Gasteiger partial charge in [-0.1, -0.05) is 69.0 Å². The van der Waals surface area contributed by atoms with E-state index in [0.717, 1.165) is 36.5 Å². The summed E-state index contributed by atoms with van der Waals surface area (Å²) in [5.74, 6) is -0.754. The minimum atomic E-state index is -1.17. The minimum absolute atomic E-state index is 0.110. The predicted molar refractivity (Wildman–Crippen MR) is 91.7 cm³/mol. The first-order valence-electron chi connectivity index (χ1n) is 8.09. The third-order valence-corrected chi connectivity index (χ3v) is 4.43. The van der Waals surface area contributed by atoms with Crippen LogP contribution in [-0.4, -0.2) is 12.1 Å². The molecule has 0 aromatic heterocycles. The van der Waals surface area contributed by atoms with Crippen LogP contribution in [-0.2, 0) is 4.79 Å². The van der Waals surface area contributed by atoms with Crippen molar-refractivity contribution in [2.75, 3.05) is 0 Å². The van der Waals surface area contributed by atoms with E-state index >= 15 is 0 Å². The van der Waals surface area contributed by atoms with E-state index in [2.05, 4.69) is 6.92 Å². The predicted octanol–water partition coefficient (Wildman–Crippen LogP) is 4.21. The Morgan fingerprint density at radius 1 is 1.17 bits per heavy atom. The lowest BCUT2D eigenvalue weighted by atomic mass is 9.97. The van der Waals surface area contributed by atoms with Gasteiger partial charge in [-0.2, -0.15) is 0 Å². The summed E-state index contributed by atoms with van der Waals surface area (Å²) in [6, 6.07) is 11.0. The van der Waals surface area contributed by atoms with Gasteiger partial charge in [-0.25, -0.2) is 0 Å². The summed E-state index contributed by atoms with van der Waals surface area (Å²) in [5.41, 5.74) is 0. The van der Waals surface area contributed by atoms with Crippen LogP contribution >= 0.6 is 11.6 Å². The third-order valence-electron chi connectivity index (χ3n) is 4.10. The highest BCUT2D eigenvalue weighted by Gasteiger charge is 2.21. The number of hydrogen-bond acceptors (Lipinski definition) is 3. The number of carbonyl (C=O) groups is 1. The van der Waals surface area contributed by atoms with Gasteiger partial charge < -0.3 is 14.6 Å². The topological polar surface area (TPSA) is 49.4 Å². The lowest BCUT2D eigenvalue weighted by Crippen LogP contribution is -2.43. The van der Waals surface area contributed by atoms with Gasteiger partial charge in [0.05, 0.1) is 5.97 Å². The molecule has 0 aliphatic rings. The van der Waals surface area contributed by atoms with Crippen LogP contribution < -0.4 is 9.84 Å². The van der Waals surface area contributed by atoms with Crippen LogP contribution in [0, 0.1) is 5.92 Å². The second-order valence-corrected chi connectivity index (χ2v) is 6.33. The van der Waals surface area contributed by atoms with Gasteiger partial charge in [0.25, 0.3) is 0 Å². The summed E-state index contributed by atoms with van der Waals surface area (Å²) < 4.78 is 5.82. The normalized spacial score (nSPS) is 13.7. The first kappa shape index (κ1) is 17.6. The Kier molecular flexibility index (Phi) is 6.28. The SMILES string of the molecule is CCCCCC(C)C(Oc1ccc(Cl)c2ccccc12)C(=O)[O-]. The summed E-state index contributed by atoms with van der Waals surface area (Å²) in [6.07, 6.45) is 3.03. The van der Waals surface area contributed by atoms with Crippen molar-refractivity contribution in [3.63, 3.8) is 0 Å². The van der Waals surface area contributed by atoms with Crippen LogP contribution in [0.15, 0.2) is 36.4 Å². The fourth-order valence-electron chi connectivity index (χ4n) is 2.74. The molecule has 0 aliphatic carbocycles. The maximum atomic E-state index is 11.5. The van der Waals surface area contributed by atoms with Crippen molar-refractivity contribution in [1.82, 2.24) is 0 Å². The number of carboxylic acids is 1. The molecule has 2 rings (SSSR count). The number of aliphatic carboxylic acids is 1. The van der Waals surface area contributed by atoms with Gasteiger partial charge in [-0.15, -0.1) is 0 Å². The molecule has 4 heteroatoms. The van der Waals surface area contributed by atoms with Gasteiger partial charge in [-0.05, 0) is 24.5 Å². The summed E-state index contributed by atoms with van der Waals surface area (Å²) in [5, 5.41) is 13.8. The van der Waals surface area contributed by atoms with Gasteiger partial charge >= 0.3 is 0 Å². The molecule has 0 fully saturated rings. The van der Waals surface area contributed by atoms with Crippen LogP contribution in [0.2, 0.25) is 5.02 Å². The molecule has 3 nitrogen and oxygen atoms in total. The van der Waals surface area contributed by atoms with E-state index in [1.54, 1.807) is 12.1 Å². The van der Waals surface area contributed by atoms with Crippen molar-refractivity contribution in [2.24, 2.45) is 5.92 Å². The molecule has 0 N–H and O–H groups in total. The van der Waals surface area contributed by atoms with Gasteiger partial charge in [0.1, 0.15) is 11.9 Å². The molecule has 0 aliphatic heterocycles. The van der Waals surface area contributed by atoms with Crippen molar-refractivity contribution in [3.05, 3.63) is 41.4 Å². The Morgan fingerprint density at radius 3 is 2.52 bits per heavy atom. The molecule has 0 heterocycles. The van der Waals surface area contributed by atoms with E-state index in [-0.39, 0.29) is 5.92 Å². The average Bonchev–Trinajstić information content (AvgIpc) is 2.54. The lowest BCUT2D eigenvalue weighted by molar-refractivity contribution is -0.315. The first-order valence-corrected chi connectivity index (χ1v) is 8.47. The van der Waals surface area contributed by atoms with Crippen molar-refractivity contribution in [2.45, 2.75) is 45.6 Å². The molecule has 0 amide bonds. The Hall–Kier alpha value is -1.74. The van der Waals surface area contributed by atoms with Crippen LogP contribution in [0.4, 0.5) is 0 Å². The molecule has 2 aromatic carbocycles. The molecule has 2 unspecified atom stereocenters. The number of benzene rings is 2. The quantitative estimate of drug-likeness (QED) is 0.680. The molecule has 23 heavy (non-hydrogen) atoms. The molecule has 0 spiro atoms. The second-order valence-electron chi connectivity index (χ2n) is 5.92. The molecule has 0 saturated heterocycles. The van der Waals surface area contributed by atoms with Crippen molar-refractivity contribution < 1.29 is 14.6 Å². The fraction of sp³-hybridized carbons (Fsp3) is 0.421. The molecular weight excluding hydrogens is 312 g/mol. The fourth-order valence-corrected chi connectivity index (χ4v) is 2.97. The largest absolute Gasteiger partial charge is 0.546 e. The maximum Gasteiger partial charge on any atom is 0.140 e. The highest BCUT2D eigenvalue weighted by molar-refractivity contribution is 6.35. The number of hydrogen-bond donors (Lipinski definition) is 0. The molecule has 0 radical (unpaired) electrons. The monoisotopic (exact) mass is 333 g/mol. The van der Waals surface area contributed by atoms with Gasteiger partial charge in [0.2, 0.25) is 0 Å². The van der Waals surface area contributed by atoms with Crippen LogP contribution in [0.3, 0.4) is 0 Å². The van der Waals surface area contributed by atoms with E-state index in [1.165, 1.54) is 0 Å². The van der Waals surface area contributed by atoms with E-state index < -0.39 is 12.1 Å². The zero-order valence-corrected chi connectivity index (χ0v) is 14.3. The first-order chi connectivity index (χ1) is 11.0. The summed E-state index contributed by atoms with van der Waals surface area (Å²) in [4.78, 5) is 11.5. The molecule has 124 valence electrons. The number of halogens is 1. The zero-order valence-electron chi connectivity index (χ0n) is 13.5. The Labute approximate surface area is 142 Å². The van der Waals surface area contributed by atoms with Crippen LogP contribution in [0.1, 0.15) is 39.5 Å². The number of unbranched alkanes of at least 4 members (excludes halogenated alkanes) is 2. The average molecular weight is 334 g/mol. The Morgan fingerprint density at radius 2 is 1.87 bits per heavy atom. The summed E-state index contributed by atoms with van der Waals surface area (Å²) in [7, 11) is 0. The standard InChI is InChI=1S/C19H23ClO3/c1-3-4-5-8-13(2)18(19(21)22)23-17-12-11-16(20)14-9-6-7-10-15(14)17/h6-7,9-13,18H,3-5,8H2,1-2H3,(H,21,22)/p-1. The summed E-state index contributed by atoms with van der Waals surface area (Å²) in [6.45, 7) is 4.02. The Balaban J connectivity index is 2.24. The minimum Gasteiger partial charge on any atom is -0.546 e. The van der Waals surface area contributed by atoms with Crippen molar-refractivity contribution >= 4 is 28.3 Å². The smallest absolute Gasteiger partial charge is 0.140 e. The van der Waals surface area contributed by atoms with Crippen molar-refractivity contribution in [1.29, 1.82) is 0 Å². The highest BCUT2D eigenvalue weighted by atomic mass is 35.5. The molecular formula is C19H22ClO3-. The van der Waals surface area contributed by atoms with E-state index in [0.29, 0.717) is 10.8 Å². The molecule has 0 bridgehead atoms. The zero-order chi connectivity index (χ0) is 16.8. The molecule has 0 saturated carbocycles. The number of fused-ring (bicyclic) bond motifs is 1. The molecule has 2 atom stereocenters. The highest BCUT2D eigenvalue weighted by Crippen LogP contribution is 2.32. The number of rotatable bonds is 8. The van der Waals surface area contributed by atoms with Gasteiger partial charge in [-0.3, -0.25) is 0 Å². The van der Waals surface area contributed by atoms with E-state index in [4.69, 9.17) is 16.3 Å². The van der Waals surface area contributed by atoms with Crippen molar-refractivity contribution in [3.8, 4) is 5.75 Å². The van der Waals surface area contributed by atoms with E-state index in [9.17, 15) is 9.90 Å². The maximum absolute atomic E-state index is 11.5.